The van der Waals surface area contributed by atoms with Crippen LogP contribution in [-0.2, 0) is 16.4 Å². The fourth-order valence-electron chi connectivity index (χ4n) is 2.37. The van der Waals surface area contributed by atoms with Gasteiger partial charge in [-0.15, -0.1) is 11.3 Å². The first-order chi connectivity index (χ1) is 8.98. The lowest BCUT2D eigenvalue weighted by Gasteiger charge is -2.23. The summed E-state index contributed by atoms with van der Waals surface area (Å²) < 4.78 is 27.0. The molecule has 1 aromatic rings. The third-order valence-electron chi connectivity index (χ3n) is 3.30. The summed E-state index contributed by atoms with van der Waals surface area (Å²) >= 11 is 1.73. The normalized spacial score (nSPS) is 19.6. The molecule has 1 heterocycles. The molecule has 108 valence electrons. The molecule has 6 heteroatoms. The summed E-state index contributed by atoms with van der Waals surface area (Å²) in [7, 11) is -3.21. The summed E-state index contributed by atoms with van der Waals surface area (Å²) in [5.41, 5.74) is 1.18. The zero-order valence-corrected chi connectivity index (χ0v) is 13.1. The van der Waals surface area contributed by atoms with Crippen LogP contribution < -0.4 is 10.0 Å². The molecule has 0 aliphatic heterocycles. The lowest BCUT2D eigenvalue weighted by molar-refractivity contribution is 0.508. The van der Waals surface area contributed by atoms with E-state index < -0.39 is 10.0 Å². The van der Waals surface area contributed by atoms with Gasteiger partial charge in [0.1, 0.15) is 0 Å². The van der Waals surface area contributed by atoms with E-state index >= 15 is 0 Å². The van der Waals surface area contributed by atoms with Gasteiger partial charge >= 0.3 is 0 Å². The molecule has 0 radical (unpaired) electrons. The topological polar surface area (TPSA) is 58.2 Å². The highest BCUT2D eigenvalue weighted by atomic mass is 32.2. The zero-order valence-electron chi connectivity index (χ0n) is 11.5. The molecule has 1 aliphatic rings. The van der Waals surface area contributed by atoms with E-state index in [1.807, 2.05) is 13.8 Å². The third-order valence-corrected chi connectivity index (χ3v) is 5.68. The monoisotopic (exact) mass is 302 g/mol. The van der Waals surface area contributed by atoms with Crippen LogP contribution in [0.4, 0.5) is 0 Å². The molecular weight excluding hydrogens is 280 g/mol. The predicted molar refractivity (Wildman–Crippen MR) is 80.1 cm³/mol. The van der Waals surface area contributed by atoms with Crippen molar-refractivity contribution in [3.8, 4) is 0 Å². The van der Waals surface area contributed by atoms with Gasteiger partial charge in [-0.05, 0) is 36.3 Å². The smallest absolute Gasteiger partial charge is 0.213 e. The molecule has 0 amide bonds. The summed E-state index contributed by atoms with van der Waals surface area (Å²) in [6, 6.07) is 2.34. The quantitative estimate of drug-likeness (QED) is 0.845. The minimum atomic E-state index is -3.21. The molecule has 0 aromatic carbocycles. The molecule has 1 aliphatic carbocycles. The predicted octanol–water partition coefficient (Wildman–Crippen LogP) is 2.04. The molecule has 0 spiro atoms. The Kier molecular flexibility index (Phi) is 5.00. The van der Waals surface area contributed by atoms with E-state index in [1.54, 1.807) is 11.3 Å². The molecule has 1 aromatic heterocycles. The summed E-state index contributed by atoms with van der Waals surface area (Å²) in [6.07, 6.45) is 3.05. The minimum Gasteiger partial charge on any atom is -0.313 e. The Balaban J connectivity index is 1.94. The fraction of sp³-hybridized carbons (Fsp3) is 0.692. The highest BCUT2D eigenvalue weighted by molar-refractivity contribution is 7.89. The number of aryl methyl sites for hydroxylation is 1. The minimum absolute atomic E-state index is 0.0287. The van der Waals surface area contributed by atoms with Gasteiger partial charge in [0.2, 0.25) is 10.0 Å². The Labute approximate surface area is 119 Å². The molecule has 4 nitrogen and oxygen atoms in total. The maximum Gasteiger partial charge on any atom is 0.213 e. The highest BCUT2D eigenvalue weighted by Gasteiger charge is 2.25. The van der Waals surface area contributed by atoms with E-state index in [1.165, 1.54) is 10.4 Å². The van der Waals surface area contributed by atoms with E-state index in [0.717, 1.165) is 19.3 Å². The second-order valence-corrected chi connectivity index (χ2v) is 8.16. The Hall–Kier alpha value is -0.430. The zero-order chi connectivity index (χ0) is 13.9. The summed E-state index contributed by atoms with van der Waals surface area (Å²) in [6.45, 7) is 4.52. The van der Waals surface area contributed by atoms with Gasteiger partial charge in [-0.3, -0.25) is 0 Å². The average molecular weight is 302 g/mol. The SMILES string of the molecule is CC(C)NCCS(=O)(=O)NC1CCCc2sccc21. The van der Waals surface area contributed by atoms with Crippen molar-refractivity contribution in [1.82, 2.24) is 10.0 Å². The van der Waals surface area contributed by atoms with Gasteiger partial charge in [-0.25, -0.2) is 13.1 Å². The van der Waals surface area contributed by atoms with Crippen LogP contribution in [0.1, 0.15) is 43.2 Å². The van der Waals surface area contributed by atoms with Crippen molar-refractivity contribution in [3.63, 3.8) is 0 Å². The molecule has 2 N–H and O–H groups in total. The number of hydrogen-bond donors (Lipinski definition) is 2. The number of nitrogens with one attached hydrogen (secondary N) is 2. The van der Waals surface area contributed by atoms with Gasteiger partial charge in [0, 0.05) is 23.5 Å². The van der Waals surface area contributed by atoms with Gasteiger partial charge in [0.25, 0.3) is 0 Å². The van der Waals surface area contributed by atoms with Crippen LogP contribution in [0.3, 0.4) is 0 Å². The molecule has 0 saturated carbocycles. The fourth-order valence-corrected chi connectivity index (χ4v) is 4.54. The molecule has 0 saturated heterocycles. The first-order valence-corrected chi connectivity index (χ1v) is 9.31. The van der Waals surface area contributed by atoms with Crippen molar-refractivity contribution in [2.75, 3.05) is 12.3 Å². The molecule has 0 bridgehead atoms. The van der Waals surface area contributed by atoms with E-state index in [2.05, 4.69) is 21.5 Å². The average Bonchev–Trinajstić information content (AvgIpc) is 2.76. The van der Waals surface area contributed by atoms with Gasteiger partial charge in [-0.1, -0.05) is 13.8 Å². The van der Waals surface area contributed by atoms with Crippen LogP contribution in [0, 0.1) is 0 Å². The van der Waals surface area contributed by atoms with Crippen LogP contribution in [0.25, 0.3) is 0 Å². The van der Waals surface area contributed by atoms with Crippen molar-refractivity contribution in [1.29, 1.82) is 0 Å². The van der Waals surface area contributed by atoms with Crippen LogP contribution in [0.15, 0.2) is 11.4 Å². The van der Waals surface area contributed by atoms with Crippen LogP contribution >= 0.6 is 11.3 Å². The van der Waals surface area contributed by atoms with Crippen molar-refractivity contribution < 1.29 is 8.42 Å². The Morgan fingerprint density at radius 3 is 3.00 bits per heavy atom. The molecule has 0 fully saturated rings. The van der Waals surface area contributed by atoms with Gasteiger partial charge < -0.3 is 5.32 Å². The van der Waals surface area contributed by atoms with E-state index in [4.69, 9.17) is 0 Å². The van der Waals surface area contributed by atoms with Gasteiger partial charge in [0.05, 0.1) is 5.75 Å². The summed E-state index contributed by atoms with van der Waals surface area (Å²) in [5.74, 6) is 0.140. The summed E-state index contributed by atoms with van der Waals surface area (Å²) in [4.78, 5) is 1.33. The van der Waals surface area contributed by atoms with Crippen molar-refractivity contribution >= 4 is 21.4 Å². The number of fused-ring (bicyclic) bond motifs is 1. The molecule has 1 unspecified atom stereocenters. The van der Waals surface area contributed by atoms with E-state index in [0.29, 0.717) is 12.6 Å². The molecular formula is C13H22N2O2S2. The van der Waals surface area contributed by atoms with E-state index in [-0.39, 0.29) is 11.8 Å². The first kappa shape index (κ1) is 15.0. The number of thiophene rings is 1. The Morgan fingerprint density at radius 2 is 2.26 bits per heavy atom. The van der Waals surface area contributed by atoms with Gasteiger partial charge in [0.15, 0.2) is 0 Å². The molecule has 1 atom stereocenters. The summed E-state index contributed by atoms with van der Waals surface area (Å²) in [5, 5.41) is 5.19. The number of rotatable bonds is 6. The lowest BCUT2D eigenvalue weighted by Crippen LogP contribution is -2.37. The third kappa shape index (κ3) is 4.27. The Bertz CT molecular complexity index is 508. The molecule has 2 rings (SSSR count). The van der Waals surface area contributed by atoms with Crippen molar-refractivity contribution in [2.45, 2.75) is 45.2 Å². The first-order valence-electron chi connectivity index (χ1n) is 6.77. The highest BCUT2D eigenvalue weighted by Crippen LogP contribution is 2.33. The van der Waals surface area contributed by atoms with Crippen molar-refractivity contribution in [2.24, 2.45) is 0 Å². The van der Waals surface area contributed by atoms with E-state index in [9.17, 15) is 8.42 Å². The van der Waals surface area contributed by atoms with Gasteiger partial charge in [-0.2, -0.15) is 0 Å². The Morgan fingerprint density at radius 1 is 1.47 bits per heavy atom. The van der Waals surface area contributed by atoms with Crippen LogP contribution in [0.2, 0.25) is 0 Å². The maximum atomic E-state index is 12.1. The lowest BCUT2D eigenvalue weighted by atomic mass is 9.95. The number of sulfonamides is 1. The van der Waals surface area contributed by atoms with Crippen LogP contribution in [0.5, 0.6) is 0 Å². The maximum absolute atomic E-state index is 12.1. The molecule has 19 heavy (non-hydrogen) atoms. The number of hydrogen-bond acceptors (Lipinski definition) is 4. The van der Waals surface area contributed by atoms with Crippen LogP contribution in [-0.4, -0.2) is 26.8 Å². The standard InChI is InChI=1S/C13H22N2O2S2/c1-10(2)14-7-9-19(16,17)15-12-4-3-5-13-11(12)6-8-18-13/h6,8,10,12,14-15H,3-5,7,9H2,1-2H3. The van der Waals surface area contributed by atoms with Crippen molar-refractivity contribution in [3.05, 3.63) is 21.9 Å². The largest absolute Gasteiger partial charge is 0.313 e. The second kappa shape index (κ2) is 6.35. The second-order valence-electron chi connectivity index (χ2n) is 5.29.